The number of aryl methyl sites for hydroxylation is 3. The monoisotopic (exact) mass is 491 g/mol. The molecule has 0 fully saturated rings. The van der Waals surface area contributed by atoms with Crippen molar-refractivity contribution in [3.05, 3.63) is 62.8 Å². The zero-order valence-electron chi connectivity index (χ0n) is 21.1. The van der Waals surface area contributed by atoms with Gasteiger partial charge in [-0.3, -0.25) is 13.9 Å². The van der Waals surface area contributed by atoms with Crippen molar-refractivity contribution in [1.29, 1.82) is 0 Å². The molecule has 0 saturated carbocycles. The summed E-state index contributed by atoms with van der Waals surface area (Å²) in [7, 11) is 0. The van der Waals surface area contributed by atoms with Crippen LogP contribution in [-0.2, 0) is 26.1 Å². The molecule has 190 valence electrons. The fourth-order valence-corrected chi connectivity index (χ4v) is 4.17. The number of imidazole rings is 1. The lowest BCUT2D eigenvalue weighted by molar-refractivity contribution is 0.559. The summed E-state index contributed by atoms with van der Waals surface area (Å²) in [6, 6.07) is 7.83. The zero-order chi connectivity index (χ0) is 25.7. The highest BCUT2D eigenvalue weighted by Crippen LogP contribution is 2.19. The predicted molar refractivity (Wildman–Crippen MR) is 141 cm³/mol. The summed E-state index contributed by atoms with van der Waals surface area (Å²) in [4.78, 5) is 44.3. The molecule has 11 nitrogen and oxygen atoms in total. The minimum absolute atomic E-state index is 0.00454. The van der Waals surface area contributed by atoms with E-state index >= 15 is 0 Å². The van der Waals surface area contributed by atoms with Crippen molar-refractivity contribution < 1.29 is 0 Å². The number of nitrogens with two attached hydrogens (primary N) is 1. The average Bonchev–Trinajstić information content (AvgIpc) is 3.29. The minimum Gasteiger partial charge on any atom is -0.368 e. The van der Waals surface area contributed by atoms with Crippen molar-refractivity contribution in [3.8, 4) is 0 Å². The van der Waals surface area contributed by atoms with E-state index < -0.39 is 11.2 Å². The number of unbranched alkanes of at least 4 members (excludes halogenated alkanes) is 2. The van der Waals surface area contributed by atoms with Crippen LogP contribution in [0.4, 0.5) is 17.6 Å². The molecule has 0 aliphatic rings. The van der Waals surface area contributed by atoms with E-state index in [0.29, 0.717) is 24.3 Å². The van der Waals surface area contributed by atoms with Gasteiger partial charge >= 0.3 is 5.69 Å². The summed E-state index contributed by atoms with van der Waals surface area (Å²) >= 11 is 0. The quantitative estimate of drug-likeness (QED) is 0.326. The molecule has 0 bridgehead atoms. The van der Waals surface area contributed by atoms with Gasteiger partial charge in [-0.15, -0.1) is 0 Å². The molecule has 4 rings (SSSR count). The molecule has 0 spiro atoms. The summed E-state index contributed by atoms with van der Waals surface area (Å²) in [6.45, 7) is 7.19. The summed E-state index contributed by atoms with van der Waals surface area (Å²) in [6.07, 6.45) is 6.04. The largest absolute Gasteiger partial charge is 0.368 e. The molecular formula is C25H33N9O2. The molecule has 11 heteroatoms. The number of nitrogens with one attached hydrogen (secondary N) is 1. The van der Waals surface area contributed by atoms with Crippen LogP contribution in [-0.4, -0.2) is 33.6 Å². The number of para-hydroxylation sites is 1. The number of nitrogens with zero attached hydrogens (tertiary/aromatic N) is 7. The van der Waals surface area contributed by atoms with Gasteiger partial charge in [0.15, 0.2) is 17.0 Å². The van der Waals surface area contributed by atoms with Gasteiger partial charge in [-0.2, -0.15) is 15.0 Å². The fraction of sp³-hybridized carbons (Fsp3) is 0.440. The molecule has 36 heavy (non-hydrogen) atoms. The molecule has 0 atom stereocenters. The van der Waals surface area contributed by atoms with Gasteiger partial charge in [-0.1, -0.05) is 51.8 Å². The molecule has 3 aromatic heterocycles. The Bertz CT molecular complexity index is 1470. The van der Waals surface area contributed by atoms with Gasteiger partial charge in [0, 0.05) is 18.8 Å². The summed E-state index contributed by atoms with van der Waals surface area (Å²) in [5.74, 6) is 0.482. The Labute approximate surface area is 209 Å². The number of rotatable bonds is 11. The molecule has 0 saturated heterocycles. The lowest BCUT2D eigenvalue weighted by atomic mass is 10.1. The normalized spacial score (nSPS) is 11.3. The van der Waals surface area contributed by atoms with Gasteiger partial charge in [0.25, 0.3) is 5.56 Å². The Morgan fingerprint density at radius 1 is 0.944 bits per heavy atom. The van der Waals surface area contributed by atoms with Crippen LogP contribution < -0.4 is 22.3 Å². The van der Waals surface area contributed by atoms with Crippen molar-refractivity contribution in [2.75, 3.05) is 11.1 Å². The first-order chi connectivity index (χ1) is 17.5. The maximum atomic E-state index is 13.5. The van der Waals surface area contributed by atoms with Gasteiger partial charge in [-0.25, -0.2) is 9.78 Å². The van der Waals surface area contributed by atoms with Crippen LogP contribution >= 0.6 is 0 Å². The van der Waals surface area contributed by atoms with Crippen molar-refractivity contribution >= 4 is 28.7 Å². The number of hydrogen-bond acceptors (Lipinski definition) is 8. The van der Waals surface area contributed by atoms with E-state index in [9.17, 15) is 9.59 Å². The van der Waals surface area contributed by atoms with Crippen LogP contribution in [0.25, 0.3) is 11.2 Å². The number of benzene rings is 1. The third kappa shape index (κ3) is 5.14. The Morgan fingerprint density at radius 3 is 2.44 bits per heavy atom. The maximum absolute atomic E-state index is 13.5. The molecule has 0 aliphatic carbocycles. The van der Waals surface area contributed by atoms with Crippen LogP contribution in [0.3, 0.4) is 0 Å². The number of fused-ring (bicyclic) bond motifs is 1. The SMILES string of the molecule is CCCCn1cnc2c1c(=O)n(Cc1nc(N)nc(Nc3ccccc3CC)n1)c(=O)n2CCCC. The zero-order valence-corrected chi connectivity index (χ0v) is 21.1. The Morgan fingerprint density at radius 2 is 1.69 bits per heavy atom. The van der Waals surface area contributed by atoms with E-state index in [4.69, 9.17) is 5.73 Å². The summed E-state index contributed by atoms with van der Waals surface area (Å²) in [5.41, 5.74) is 7.90. The molecule has 0 amide bonds. The maximum Gasteiger partial charge on any atom is 0.333 e. The van der Waals surface area contributed by atoms with Gasteiger partial charge in [0.1, 0.15) is 0 Å². The smallest absolute Gasteiger partial charge is 0.333 e. The van der Waals surface area contributed by atoms with Gasteiger partial charge in [0.2, 0.25) is 11.9 Å². The van der Waals surface area contributed by atoms with E-state index in [1.54, 1.807) is 10.9 Å². The molecule has 0 aliphatic heterocycles. The highest BCUT2D eigenvalue weighted by molar-refractivity contribution is 5.70. The van der Waals surface area contributed by atoms with E-state index in [-0.39, 0.29) is 24.3 Å². The topological polar surface area (TPSA) is 139 Å². The fourth-order valence-electron chi connectivity index (χ4n) is 4.17. The van der Waals surface area contributed by atoms with E-state index in [2.05, 4.69) is 46.0 Å². The first kappa shape index (κ1) is 25.1. The number of anilines is 3. The number of hydrogen-bond donors (Lipinski definition) is 2. The molecule has 0 unspecified atom stereocenters. The molecule has 1 aromatic carbocycles. The highest BCUT2D eigenvalue weighted by atomic mass is 16.2. The minimum atomic E-state index is -0.438. The van der Waals surface area contributed by atoms with Crippen molar-refractivity contribution in [2.24, 2.45) is 0 Å². The van der Waals surface area contributed by atoms with E-state index in [1.165, 1.54) is 4.57 Å². The van der Waals surface area contributed by atoms with Crippen molar-refractivity contribution in [1.82, 2.24) is 33.6 Å². The summed E-state index contributed by atoms with van der Waals surface area (Å²) < 4.78 is 4.57. The van der Waals surface area contributed by atoms with Crippen LogP contribution in [0, 0.1) is 0 Å². The van der Waals surface area contributed by atoms with Gasteiger partial charge < -0.3 is 15.6 Å². The van der Waals surface area contributed by atoms with Crippen LogP contribution in [0.2, 0.25) is 0 Å². The first-order valence-electron chi connectivity index (χ1n) is 12.5. The standard InChI is InChI=1S/C25H33N9O2/c1-4-7-13-32-16-27-21-20(32)22(35)34(25(36)33(21)14-8-5-2)15-19-29-23(26)31-24(30-19)28-18-12-10-9-11-17(18)6-3/h9-12,16H,4-8,13-15H2,1-3H3,(H3,26,28,29,30,31). The first-order valence-corrected chi connectivity index (χ1v) is 12.5. The lowest BCUT2D eigenvalue weighted by Crippen LogP contribution is -2.41. The number of aromatic nitrogens is 7. The molecule has 0 radical (unpaired) electrons. The Balaban J connectivity index is 1.77. The third-order valence-electron chi connectivity index (χ3n) is 6.11. The summed E-state index contributed by atoms with van der Waals surface area (Å²) in [5, 5.41) is 3.19. The second-order valence-electron chi connectivity index (χ2n) is 8.71. The predicted octanol–water partition coefficient (Wildman–Crippen LogP) is 3.08. The Hall–Kier alpha value is -4.02. The van der Waals surface area contributed by atoms with Crippen molar-refractivity contribution in [2.45, 2.75) is 72.5 Å². The van der Waals surface area contributed by atoms with Gasteiger partial charge in [0.05, 0.1) is 12.9 Å². The number of nitrogen functional groups attached to an aromatic ring is 1. The average molecular weight is 492 g/mol. The second-order valence-corrected chi connectivity index (χ2v) is 8.71. The molecular weight excluding hydrogens is 458 g/mol. The molecule has 4 aromatic rings. The van der Waals surface area contributed by atoms with Crippen LogP contribution in [0.5, 0.6) is 0 Å². The van der Waals surface area contributed by atoms with E-state index in [0.717, 1.165) is 43.4 Å². The lowest BCUT2D eigenvalue weighted by Gasteiger charge is -2.13. The highest BCUT2D eigenvalue weighted by Gasteiger charge is 2.19. The van der Waals surface area contributed by atoms with Crippen LogP contribution in [0.15, 0.2) is 40.2 Å². The second kappa shape index (κ2) is 11.1. The molecule has 3 heterocycles. The third-order valence-corrected chi connectivity index (χ3v) is 6.11. The molecule has 3 N–H and O–H groups in total. The van der Waals surface area contributed by atoms with Gasteiger partial charge in [-0.05, 0) is 30.9 Å². The Kier molecular flexibility index (Phi) is 7.77. The van der Waals surface area contributed by atoms with E-state index in [1.807, 2.05) is 28.8 Å². The van der Waals surface area contributed by atoms with Crippen molar-refractivity contribution in [3.63, 3.8) is 0 Å². The van der Waals surface area contributed by atoms with Crippen LogP contribution in [0.1, 0.15) is 57.8 Å².